The highest BCUT2D eigenvalue weighted by molar-refractivity contribution is 5.50. The van der Waals surface area contributed by atoms with Crippen molar-refractivity contribution >= 4 is 0 Å². The fraction of sp³-hybridized carbons (Fsp3) is 0.571. The van der Waals surface area contributed by atoms with E-state index in [4.69, 9.17) is 15.2 Å². The van der Waals surface area contributed by atoms with E-state index in [2.05, 4.69) is 26.0 Å². The van der Waals surface area contributed by atoms with Crippen LogP contribution in [0.3, 0.4) is 0 Å². The van der Waals surface area contributed by atoms with Crippen LogP contribution in [-0.2, 0) is 6.42 Å². The summed E-state index contributed by atoms with van der Waals surface area (Å²) in [4.78, 5) is 0. The molecule has 1 heterocycles. The van der Waals surface area contributed by atoms with E-state index in [1.54, 1.807) is 0 Å². The Balaban J connectivity index is 1.99. The number of ether oxygens (including phenoxy) is 2. The Labute approximate surface area is 102 Å². The molecular weight excluding hydrogens is 214 g/mol. The Morgan fingerprint density at radius 3 is 2.47 bits per heavy atom. The molecule has 1 saturated carbocycles. The van der Waals surface area contributed by atoms with Gasteiger partial charge >= 0.3 is 0 Å². The lowest BCUT2D eigenvalue weighted by Gasteiger charge is -2.17. The molecule has 1 aliphatic carbocycles. The number of hydrogen-bond donors (Lipinski definition) is 1. The van der Waals surface area contributed by atoms with Gasteiger partial charge in [-0.05, 0) is 48.4 Å². The van der Waals surface area contributed by atoms with Gasteiger partial charge in [-0.25, -0.2) is 0 Å². The molecule has 0 radical (unpaired) electrons. The van der Waals surface area contributed by atoms with E-state index in [0.29, 0.717) is 12.7 Å². The molecule has 1 fully saturated rings. The Morgan fingerprint density at radius 1 is 1.24 bits per heavy atom. The molecule has 0 saturated heterocycles. The molecule has 2 aliphatic rings. The lowest BCUT2D eigenvalue weighted by Crippen LogP contribution is -2.25. The zero-order valence-corrected chi connectivity index (χ0v) is 10.5. The lowest BCUT2D eigenvalue weighted by atomic mass is 9.92. The lowest BCUT2D eigenvalue weighted by molar-refractivity contribution is 0.174. The predicted octanol–water partition coefficient (Wildman–Crippen LogP) is 2.57. The topological polar surface area (TPSA) is 44.5 Å². The Morgan fingerprint density at radius 2 is 1.88 bits per heavy atom. The Kier molecular flexibility index (Phi) is 2.33. The summed E-state index contributed by atoms with van der Waals surface area (Å²) in [5.41, 5.74) is 8.92. The highest BCUT2D eigenvalue weighted by atomic mass is 16.7. The van der Waals surface area contributed by atoms with Gasteiger partial charge in [-0.15, -0.1) is 0 Å². The molecule has 2 N–H and O–H groups in total. The van der Waals surface area contributed by atoms with E-state index in [1.165, 1.54) is 11.1 Å². The van der Waals surface area contributed by atoms with Crippen LogP contribution < -0.4 is 15.2 Å². The summed E-state index contributed by atoms with van der Waals surface area (Å²) in [6, 6.07) is 4.23. The van der Waals surface area contributed by atoms with E-state index in [1.807, 2.05) is 0 Å². The molecule has 0 unspecified atom stereocenters. The third kappa shape index (κ3) is 2.00. The van der Waals surface area contributed by atoms with Crippen LogP contribution in [0.15, 0.2) is 12.1 Å². The fourth-order valence-corrected chi connectivity index (χ4v) is 2.41. The molecule has 3 heteroatoms. The summed E-state index contributed by atoms with van der Waals surface area (Å²) in [6.07, 6.45) is 3.23. The highest BCUT2D eigenvalue weighted by Gasteiger charge is 2.39. The minimum absolute atomic E-state index is 0.0390. The van der Waals surface area contributed by atoms with Crippen molar-refractivity contribution in [1.82, 2.24) is 0 Å². The largest absolute Gasteiger partial charge is 0.454 e. The van der Waals surface area contributed by atoms with Gasteiger partial charge in [0.15, 0.2) is 11.5 Å². The van der Waals surface area contributed by atoms with Crippen LogP contribution in [0.5, 0.6) is 11.5 Å². The second-order valence-corrected chi connectivity index (χ2v) is 5.60. The van der Waals surface area contributed by atoms with Gasteiger partial charge in [-0.2, -0.15) is 0 Å². The van der Waals surface area contributed by atoms with Crippen molar-refractivity contribution in [2.45, 2.75) is 44.6 Å². The van der Waals surface area contributed by atoms with Crippen LogP contribution in [0.25, 0.3) is 0 Å². The molecule has 0 spiro atoms. The van der Waals surface area contributed by atoms with Gasteiger partial charge in [0.25, 0.3) is 0 Å². The Hall–Kier alpha value is -1.22. The van der Waals surface area contributed by atoms with Crippen LogP contribution in [0.1, 0.15) is 43.7 Å². The third-order valence-electron chi connectivity index (χ3n) is 3.69. The van der Waals surface area contributed by atoms with E-state index in [-0.39, 0.29) is 5.54 Å². The summed E-state index contributed by atoms with van der Waals surface area (Å²) in [5, 5.41) is 0. The molecule has 1 aromatic carbocycles. The quantitative estimate of drug-likeness (QED) is 0.872. The summed E-state index contributed by atoms with van der Waals surface area (Å²) < 4.78 is 10.9. The van der Waals surface area contributed by atoms with Gasteiger partial charge in [-0.1, -0.05) is 13.8 Å². The molecule has 0 atom stereocenters. The number of fused-ring (bicyclic) bond motifs is 1. The predicted molar refractivity (Wildman–Crippen MR) is 66.5 cm³/mol. The van der Waals surface area contributed by atoms with Crippen molar-refractivity contribution in [2.75, 3.05) is 6.79 Å². The minimum Gasteiger partial charge on any atom is -0.454 e. The second-order valence-electron chi connectivity index (χ2n) is 5.60. The third-order valence-corrected chi connectivity index (χ3v) is 3.69. The van der Waals surface area contributed by atoms with Crippen molar-refractivity contribution < 1.29 is 9.47 Å². The van der Waals surface area contributed by atoms with E-state index >= 15 is 0 Å². The number of benzene rings is 1. The molecule has 1 aromatic rings. The van der Waals surface area contributed by atoms with Crippen LogP contribution in [0, 0.1) is 0 Å². The zero-order chi connectivity index (χ0) is 12.0. The fourth-order valence-electron chi connectivity index (χ4n) is 2.41. The average Bonchev–Trinajstić information content (AvgIpc) is 2.83. The molecular formula is C14H19NO2. The van der Waals surface area contributed by atoms with Gasteiger partial charge in [0, 0.05) is 5.54 Å². The molecule has 92 valence electrons. The van der Waals surface area contributed by atoms with Gasteiger partial charge in [0.05, 0.1) is 0 Å². The van der Waals surface area contributed by atoms with E-state index in [9.17, 15) is 0 Å². The molecule has 0 bridgehead atoms. The zero-order valence-electron chi connectivity index (χ0n) is 10.5. The highest BCUT2D eigenvalue weighted by Crippen LogP contribution is 2.42. The number of hydrogen-bond acceptors (Lipinski definition) is 3. The molecule has 3 rings (SSSR count). The van der Waals surface area contributed by atoms with Crippen molar-refractivity contribution in [1.29, 1.82) is 0 Å². The molecule has 1 aliphatic heterocycles. The maximum absolute atomic E-state index is 6.22. The molecule has 17 heavy (non-hydrogen) atoms. The molecule has 0 amide bonds. The van der Waals surface area contributed by atoms with Crippen LogP contribution in [-0.4, -0.2) is 12.3 Å². The standard InChI is InChI=1S/C14H19NO2/c1-9(2)11-6-13-12(16-8-17-13)5-10(11)7-14(15)3-4-14/h5-6,9H,3-4,7-8,15H2,1-2H3. The van der Waals surface area contributed by atoms with Crippen LogP contribution in [0.4, 0.5) is 0 Å². The summed E-state index contributed by atoms with van der Waals surface area (Å²) in [6.45, 7) is 4.75. The molecule has 3 nitrogen and oxygen atoms in total. The number of rotatable bonds is 3. The maximum Gasteiger partial charge on any atom is 0.231 e. The first-order chi connectivity index (χ1) is 8.07. The van der Waals surface area contributed by atoms with Crippen LogP contribution in [0.2, 0.25) is 0 Å². The van der Waals surface area contributed by atoms with E-state index < -0.39 is 0 Å². The van der Waals surface area contributed by atoms with Gasteiger partial charge in [-0.3, -0.25) is 0 Å². The van der Waals surface area contributed by atoms with Crippen LogP contribution >= 0.6 is 0 Å². The number of nitrogens with two attached hydrogens (primary N) is 1. The first-order valence-electron chi connectivity index (χ1n) is 6.29. The monoisotopic (exact) mass is 233 g/mol. The second kappa shape index (κ2) is 3.64. The van der Waals surface area contributed by atoms with Gasteiger partial charge in [0.2, 0.25) is 6.79 Å². The van der Waals surface area contributed by atoms with Crippen molar-refractivity contribution in [3.05, 3.63) is 23.3 Å². The maximum atomic E-state index is 6.22. The first-order valence-corrected chi connectivity index (χ1v) is 6.29. The summed E-state index contributed by atoms with van der Waals surface area (Å²) >= 11 is 0. The normalized spacial score (nSPS) is 19.8. The average molecular weight is 233 g/mol. The summed E-state index contributed by atoms with van der Waals surface area (Å²) in [5.74, 6) is 2.23. The van der Waals surface area contributed by atoms with E-state index in [0.717, 1.165) is 30.8 Å². The van der Waals surface area contributed by atoms with Gasteiger partial charge in [0.1, 0.15) is 0 Å². The summed E-state index contributed by atoms with van der Waals surface area (Å²) in [7, 11) is 0. The molecule has 0 aromatic heterocycles. The minimum atomic E-state index is 0.0390. The van der Waals surface area contributed by atoms with Gasteiger partial charge < -0.3 is 15.2 Å². The van der Waals surface area contributed by atoms with Crippen molar-refractivity contribution in [3.8, 4) is 11.5 Å². The smallest absolute Gasteiger partial charge is 0.231 e. The van der Waals surface area contributed by atoms with Crippen molar-refractivity contribution in [3.63, 3.8) is 0 Å². The SMILES string of the molecule is CC(C)c1cc2c(cc1CC1(N)CC1)OCO2. The first kappa shape index (κ1) is 10.9. The Bertz CT molecular complexity index is 450. The van der Waals surface area contributed by atoms with Crippen molar-refractivity contribution in [2.24, 2.45) is 5.73 Å².